The number of carbonyl (C=O) groups is 1. The molecule has 0 atom stereocenters. The smallest absolute Gasteiger partial charge is 0.264 e. The van der Waals surface area contributed by atoms with Crippen LogP contribution < -0.4 is 10.1 Å². The minimum atomic E-state index is -0.221. The number of hydrogen-bond donors (Lipinski definition) is 1. The second-order valence-electron chi connectivity index (χ2n) is 6.04. The van der Waals surface area contributed by atoms with E-state index in [1.54, 1.807) is 24.3 Å². The Bertz CT molecular complexity index is 1130. The molecule has 1 aliphatic heterocycles. The summed E-state index contributed by atoms with van der Waals surface area (Å²) in [6.45, 7) is 0. The summed E-state index contributed by atoms with van der Waals surface area (Å²) in [6, 6.07) is 22.2. The summed E-state index contributed by atoms with van der Waals surface area (Å²) in [4.78, 5) is 17.3. The van der Waals surface area contributed by atoms with Crippen molar-refractivity contribution in [1.29, 1.82) is 0 Å². The van der Waals surface area contributed by atoms with E-state index in [-0.39, 0.29) is 5.91 Å². The largest absolute Gasteiger partial charge is 0.457 e. The highest BCUT2D eigenvalue weighted by Crippen LogP contribution is 2.34. The van der Waals surface area contributed by atoms with E-state index in [0.717, 1.165) is 11.3 Å². The molecule has 1 fully saturated rings. The molecule has 0 saturated carbocycles. The number of nitrogens with zero attached hydrogens (tertiary/aromatic N) is 1. The number of halogens is 2. The molecule has 1 aliphatic rings. The standard InChI is InChI=1S/C22H14Cl2N2O2S/c23-17-10-5-11-18(20(17)24)25-22-26-21(27)19(29-22)13-14-6-4-9-16(12-14)28-15-7-2-1-3-8-15/h1-13H,(H,25,26,27)/b19-13-. The maximum Gasteiger partial charge on any atom is 0.264 e. The number of ether oxygens (including phenoxy) is 1. The van der Waals surface area contributed by atoms with Gasteiger partial charge in [0.2, 0.25) is 0 Å². The highest BCUT2D eigenvalue weighted by molar-refractivity contribution is 8.18. The monoisotopic (exact) mass is 440 g/mol. The van der Waals surface area contributed by atoms with Crippen LogP contribution in [-0.2, 0) is 4.79 Å². The Labute approximate surface area is 182 Å². The third-order valence-electron chi connectivity index (χ3n) is 3.94. The molecule has 3 aromatic carbocycles. The van der Waals surface area contributed by atoms with Gasteiger partial charge in [0.15, 0.2) is 5.17 Å². The third-order valence-corrected chi connectivity index (χ3v) is 5.66. The average molecular weight is 441 g/mol. The van der Waals surface area contributed by atoms with Crippen molar-refractivity contribution in [2.45, 2.75) is 0 Å². The Morgan fingerprint density at radius 2 is 1.69 bits per heavy atom. The molecule has 29 heavy (non-hydrogen) atoms. The number of hydrogen-bond acceptors (Lipinski definition) is 4. The summed E-state index contributed by atoms with van der Waals surface area (Å²) in [5, 5.41) is 3.95. The fraction of sp³-hybridized carbons (Fsp3) is 0. The molecule has 144 valence electrons. The molecule has 1 N–H and O–H groups in total. The van der Waals surface area contributed by atoms with Crippen molar-refractivity contribution in [3.63, 3.8) is 0 Å². The molecular formula is C22H14Cl2N2O2S. The van der Waals surface area contributed by atoms with Crippen molar-refractivity contribution >= 4 is 57.8 Å². The summed E-state index contributed by atoms with van der Waals surface area (Å²) >= 11 is 13.4. The van der Waals surface area contributed by atoms with Gasteiger partial charge in [-0.25, -0.2) is 4.99 Å². The van der Waals surface area contributed by atoms with Crippen LogP contribution in [0.4, 0.5) is 5.69 Å². The van der Waals surface area contributed by atoms with E-state index in [9.17, 15) is 4.79 Å². The van der Waals surface area contributed by atoms with Crippen LogP contribution in [-0.4, -0.2) is 11.1 Å². The number of nitrogens with one attached hydrogen (secondary N) is 1. The molecule has 0 bridgehead atoms. The van der Waals surface area contributed by atoms with Gasteiger partial charge < -0.3 is 10.1 Å². The van der Waals surface area contributed by atoms with Crippen molar-refractivity contribution in [1.82, 2.24) is 5.32 Å². The van der Waals surface area contributed by atoms with Gasteiger partial charge in [-0.3, -0.25) is 4.79 Å². The molecule has 1 amide bonds. The molecule has 0 unspecified atom stereocenters. The number of amides is 1. The summed E-state index contributed by atoms with van der Waals surface area (Å²) < 4.78 is 5.85. The van der Waals surface area contributed by atoms with Crippen LogP contribution in [0.3, 0.4) is 0 Å². The highest BCUT2D eigenvalue weighted by Gasteiger charge is 2.24. The number of rotatable bonds is 4. The molecule has 0 aliphatic carbocycles. The van der Waals surface area contributed by atoms with Gasteiger partial charge in [0.1, 0.15) is 11.5 Å². The Morgan fingerprint density at radius 3 is 2.52 bits per heavy atom. The Kier molecular flexibility index (Phi) is 5.90. The molecule has 1 saturated heterocycles. The normalized spacial score (nSPS) is 16.3. The van der Waals surface area contributed by atoms with Gasteiger partial charge in [0.25, 0.3) is 5.91 Å². The number of amidine groups is 1. The Balaban J connectivity index is 1.54. The van der Waals surface area contributed by atoms with Crippen molar-refractivity contribution in [3.8, 4) is 11.5 Å². The van der Waals surface area contributed by atoms with E-state index in [2.05, 4.69) is 10.3 Å². The van der Waals surface area contributed by atoms with Crippen molar-refractivity contribution in [2.24, 2.45) is 4.99 Å². The number of aliphatic imine (C=N–C) groups is 1. The van der Waals surface area contributed by atoms with E-state index in [4.69, 9.17) is 27.9 Å². The topological polar surface area (TPSA) is 50.7 Å². The first kappa shape index (κ1) is 19.6. The lowest BCUT2D eigenvalue weighted by Crippen LogP contribution is -2.19. The summed E-state index contributed by atoms with van der Waals surface area (Å²) in [7, 11) is 0. The predicted molar refractivity (Wildman–Crippen MR) is 120 cm³/mol. The lowest BCUT2D eigenvalue weighted by Gasteiger charge is -2.06. The SMILES string of the molecule is O=C1NC(=Nc2cccc(Cl)c2Cl)S/C1=C\c1cccc(Oc2ccccc2)c1. The van der Waals surface area contributed by atoms with Crippen LogP contribution >= 0.6 is 35.0 Å². The number of para-hydroxylation sites is 1. The van der Waals surface area contributed by atoms with Gasteiger partial charge in [-0.05, 0) is 59.8 Å². The Hall–Kier alpha value is -2.73. The van der Waals surface area contributed by atoms with Crippen LogP contribution in [0, 0.1) is 0 Å². The third kappa shape index (κ3) is 4.82. The van der Waals surface area contributed by atoms with Crippen molar-refractivity contribution in [3.05, 3.63) is 93.3 Å². The van der Waals surface area contributed by atoms with Gasteiger partial charge in [0, 0.05) is 0 Å². The van der Waals surface area contributed by atoms with Gasteiger partial charge >= 0.3 is 0 Å². The van der Waals surface area contributed by atoms with Crippen molar-refractivity contribution in [2.75, 3.05) is 0 Å². The minimum Gasteiger partial charge on any atom is -0.457 e. The van der Waals surface area contributed by atoms with E-state index >= 15 is 0 Å². The molecule has 4 rings (SSSR count). The van der Waals surface area contributed by atoms with Gasteiger partial charge in [-0.1, -0.05) is 59.6 Å². The summed E-state index contributed by atoms with van der Waals surface area (Å²) in [5.74, 6) is 1.22. The molecule has 0 aromatic heterocycles. The first-order valence-corrected chi connectivity index (χ1v) is 10.2. The predicted octanol–water partition coefficient (Wildman–Crippen LogP) is 6.68. The summed E-state index contributed by atoms with van der Waals surface area (Å²) in [5.41, 5.74) is 1.35. The number of benzene rings is 3. The molecule has 4 nitrogen and oxygen atoms in total. The molecule has 0 radical (unpaired) electrons. The maximum absolute atomic E-state index is 12.3. The lowest BCUT2D eigenvalue weighted by molar-refractivity contribution is -0.115. The molecule has 7 heteroatoms. The maximum atomic E-state index is 12.3. The fourth-order valence-corrected chi connectivity index (χ4v) is 3.79. The van der Waals surface area contributed by atoms with E-state index in [1.165, 1.54) is 11.8 Å². The zero-order chi connectivity index (χ0) is 20.2. The van der Waals surface area contributed by atoms with Crippen LogP contribution in [0.25, 0.3) is 6.08 Å². The number of carbonyl (C=O) groups excluding carboxylic acids is 1. The van der Waals surface area contributed by atoms with Crippen LogP contribution in [0.1, 0.15) is 5.56 Å². The minimum absolute atomic E-state index is 0.221. The molecule has 0 spiro atoms. The van der Waals surface area contributed by atoms with E-state index in [0.29, 0.717) is 31.6 Å². The van der Waals surface area contributed by atoms with Gasteiger partial charge in [0.05, 0.1) is 20.6 Å². The highest BCUT2D eigenvalue weighted by atomic mass is 35.5. The quantitative estimate of drug-likeness (QED) is 0.460. The van der Waals surface area contributed by atoms with Crippen LogP contribution in [0.2, 0.25) is 10.0 Å². The number of thioether (sulfide) groups is 1. The Morgan fingerprint density at radius 1 is 0.931 bits per heavy atom. The first-order valence-electron chi connectivity index (χ1n) is 8.65. The zero-order valence-electron chi connectivity index (χ0n) is 14.9. The lowest BCUT2D eigenvalue weighted by atomic mass is 10.2. The van der Waals surface area contributed by atoms with E-state index in [1.807, 2.05) is 54.6 Å². The average Bonchev–Trinajstić information content (AvgIpc) is 3.05. The van der Waals surface area contributed by atoms with Crippen LogP contribution in [0.5, 0.6) is 11.5 Å². The molecule has 1 heterocycles. The van der Waals surface area contributed by atoms with Crippen molar-refractivity contribution < 1.29 is 9.53 Å². The van der Waals surface area contributed by atoms with Gasteiger partial charge in [-0.2, -0.15) is 0 Å². The second-order valence-corrected chi connectivity index (χ2v) is 7.86. The zero-order valence-corrected chi connectivity index (χ0v) is 17.3. The molecular weight excluding hydrogens is 427 g/mol. The summed E-state index contributed by atoms with van der Waals surface area (Å²) in [6.07, 6.45) is 1.79. The first-order chi connectivity index (χ1) is 14.1. The van der Waals surface area contributed by atoms with Gasteiger partial charge in [-0.15, -0.1) is 0 Å². The molecule has 3 aromatic rings. The van der Waals surface area contributed by atoms with Crippen LogP contribution in [0.15, 0.2) is 82.7 Å². The fourth-order valence-electron chi connectivity index (χ4n) is 2.61. The second kappa shape index (κ2) is 8.74. The van der Waals surface area contributed by atoms with E-state index < -0.39 is 0 Å².